The fourth-order valence-corrected chi connectivity index (χ4v) is 2.42. The van der Waals surface area contributed by atoms with Gasteiger partial charge in [-0.3, -0.25) is 0 Å². The summed E-state index contributed by atoms with van der Waals surface area (Å²) in [5.41, 5.74) is 0.685. The first-order valence-electron chi connectivity index (χ1n) is 8.10. The Morgan fingerprint density at radius 3 is 2.74 bits per heavy atom. The third kappa shape index (κ3) is 5.48. The normalized spacial score (nSPS) is 17.8. The van der Waals surface area contributed by atoms with E-state index in [-0.39, 0.29) is 5.82 Å². The smallest absolute Gasteiger partial charge is 0.191 e. The lowest BCUT2D eigenvalue weighted by Crippen LogP contribution is -2.49. The van der Waals surface area contributed by atoms with Crippen LogP contribution in [0.3, 0.4) is 0 Å². The quantitative estimate of drug-likeness (QED) is 0.570. The first-order valence-corrected chi connectivity index (χ1v) is 8.10. The van der Waals surface area contributed by atoms with Gasteiger partial charge in [-0.25, -0.2) is 9.38 Å². The Morgan fingerprint density at radius 2 is 2.09 bits per heavy atom. The Balaban J connectivity index is 1.94. The molecule has 0 amide bonds. The molecule has 0 spiro atoms. The van der Waals surface area contributed by atoms with Crippen LogP contribution in [0.4, 0.5) is 4.39 Å². The summed E-state index contributed by atoms with van der Waals surface area (Å²) in [6.07, 6.45) is 1.23. The zero-order chi connectivity index (χ0) is 16.7. The third-order valence-corrected chi connectivity index (χ3v) is 4.01. The van der Waals surface area contributed by atoms with Gasteiger partial charge in [0.15, 0.2) is 5.96 Å². The molecule has 6 heteroatoms. The number of hydrogen-bond donors (Lipinski definition) is 3. The van der Waals surface area contributed by atoms with Crippen molar-refractivity contribution >= 4 is 5.96 Å². The summed E-state index contributed by atoms with van der Waals surface area (Å²) in [4.78, 5) is 4.46. The average molecular weight is 323 g/mol. The third-order valence-electron chi connectivity index (χ3n) is 4.01. The second-order valence-corrected chi connectivity index (χ2v) is 5.97. The van der Waals surface area contributed by atoms with E-state index in [1.807, 2.05) is 13.0 Å². The Morgan fingerprint density at radius 1 is 1.35 bits per heavy atom. The van der Waals surface area contributed by atoms with Crippen molar-refractivity contribution in [3.63, 3.8) is 0 Å². The van der Waals surface area contributed by atoms with Crippen molar-refractivity contribution in [1.82, 2.24) is 10.6 Å². The predicted molar refractivity (Wildman–Crippen MR) is 89.0 cm³/mol. The molecule has 1 heterocycles. The summed E-state index contributed by atoms with van der Waals surface area (Å²) in [5.74, 6) is 0.403. The number of ether oxygens (including phenoxy) is 1. The molecule has 128 valence electrons. The number of rotatable bonds is 5. The minimum Gasteiger partial charge on any atom is -0.388 e. The zero-order valence-corrected chi connectivity index (χ0v) is 13.9. The molecule has 5 nitrogen and oxygen atoms in total. The molecule has 0 unspecified atom stereocenters. The van der Waals surface area contributed by atoms with E-state index in [1.54, 1.807) is 13.0 Å². The van der Waals surface area contributed by atoms with Gasteiger partial charge in [-0.1, -0.05) is 12.1 Å². The molecule has 1 fully saturated rings. The summed E-state index contributed by atoms with van der Waals surface area (Å²) in [5, 5.41) is 16.8. The van der Waals surface area contributed by atoms with Crippen molar-refractivity contribution in [2.75, 3.05) is 26.3 Å². The number of aliphatic imine (C=N–C) groups is 1. The van der Waals surface area contributed by atoms with Crippen molar-refractivity contribution in [3.05, 3.63) is 35.1 Å². The van der Waals surface area contributed by atoms with E-state index < -0.39 is 5.60 Å². The van der Waals surface area contributed by atoms with Gasteiger partial charge in [0, 0.05) is 39.1 Å². The van der Waals surface area contributed by atoms with Crippen LogP contribution in [0, 0.1) is 12.7 Å². The Hall–Kier alpha value is -1.66. The van der Waals surface area contributed by atoms with Crippen LogP contribution in [-0.2, 0) is 11.3 Å². The van der Waals surface area contributed by atoms with Crippen molar-refractivity contribution in [3.8, 4) is 0 Å². The van der Waals surface area contributed by atoms with Gasteiger partial charge in [0.2, 0.25) is 0 Å². The molecule has 0 radical (unpaired) electrons. The molecule has 0 atom stereocenters. The number of nitrogens with zero attached hydrogens (tertiary/aromatic N) is 1. The minimum absolute atomic E-state index is 0.216. The van der Waals surface area contributed by atoms with Crippen LogP contribution in [-0.4, -0.2) is 43.0 Å². The highest BCUT2D eigenvalue weighted by atomic mass is 19.1. The molecule has 0 bridgehead atoms. The highest BCUT2D eigenvalue weighted by molar-refractivity contribution is 5.79. The lowest BCUT2D eigenvalue weighted by atomic mass is 9.94. The minimum atomic E-state index is -0.760. The number of benzene rings is 1. The van der Waals surface area contributed by atoms with E-state index >= 15 is 0 Å². The van der Waals surface area contributed by atoms with E-state index in [0.29, 0.717) is 50.7 Å². The molecule has 0 aromatic heterocycles. The highest BCUT2D eigenvalue weighted by Crippen LogP contribution is 2.19. The molecule has 0 aliphatic carbocycles. The first-order chi connectivity index (χ1) is 11.0. The van der Waals surface area contributed by atoms with Crippen LogP contribution < -0.4 is 10.6 Å². The van der Waals surface area contributed by atoms with E-state index in [2.05, 4.69) is 15.6 Å². The van der Waals surface area contributed by atoms with Gasteiger partial charge in [-0.2, -0.15) is 0 Å². The molecule has 1 aromatic carbocycles. The number of aryl methyl sites for hydroxylation is 1. The summed E-state index contributed by atoms with van der Waals surface area (Å²) in [6.45, 7) is 6.39. The second kappa shape index (κ2) is 8.26. The molecule has 23 heavy (non-hydrogen) atoms. The highest BCUT2D eigenvalue weighted by Gasteiger charge is 2.29. The molecule has 2 rings (SSSR count). The number of nitrogens with one attached hydrogen (secondary N) is 2. The lowest BCUT2D eigenvalue weighted by Gasteiger charge is -2.32. The Kier molecular flexibility index (Phi) is 6.36. The van der Waals surface area contributed by atoms with E-state index in [9.17, 15) is 9.50 Å². The molecule has 3 N–H and O–H groups in total. The van der Waals surface area contributed by atoms with Gasteiger partial charge in [-0.15, -0.1) is 0 Å². The van der Waals surface area contributed by atoms with Crippen LogP contribution in [0.5, 0.6) is 0 Å². The maximum atomic E-state index is 13.6. The van der Waals surface area contributed by atoms with Gasteiger partial charge >= 0.3 is 0 Å². The lowest BCUT2D eigenvalue weighted by molar-refractivity contribution is -0.0594. The molecule has 1 saturated heterocycles. The fourth-order valence-electron chi connectivity index (χ4n) is 2.42. The molecule has 1 aliphatic heterocycles. The van der Waals surface area contributed by atoms with Gasteiger partial charge in [0.05, 0.1) is 12.1 Å². The summed E-state index contributed by atoms with van der Waals surface area (Å²) in [7, 11) is 0. The van der Waals surface area contributed by atoms with Crippen LogP contribution in [0.15, 0.2) is 23.2 Å². The molecular weight excluding hydrogens is 297 g/mol. The van der Waals surface area contributed by atoms with Crippen LogP contribution in [0.1, 0.15) is 30.9 Å². The summed E-state index contributed by atoms with van der Waals surface area (Å²) < 4.78 is 18.8. The fraction of sp³-hybridized carbons (Fsp3) is 0.588. The number of hydrogen-bond acceptors (Lipinski definition) is 3. The largest absolute Gasteiger partial charge is 0.388 e. The van der Waals surface area contributed by atoms with Crippen LogP contribution in [0.2, 0.25) is 0 Å². The molecular formula is C17H26FN3O2. The maximum Gasteiger partial charge on any atom is 0.191 e. The first kappa shape index (κ1) is 17.7. The van der Waals surface area contributed by atoms with Crippen LogP contribution >= 0.6 is 0 Å². The molecule has 1 aromatic rings. The van der Waals surface area contributed by atoms with Gasteiger partial charge in [0.25, 0.3) is 0 Å². The van der Waals surface area contributed by atoms with E-state index in [1.165, 1.54) is 6.07 Å². The number of guanidine groups is 1. The topological polar surface area (TPSA) is 65.9 Å². The summed E-state index contributed by atoms with van der Waals surface area (Å²) >= 11 is 0. The zero-order valence-electron chi connectivity index (χ0n) is 13.9. The SMILES string of the molecule is CCNC(=NCc1ccc(C)c(F)c1)NCC1(O)CCOCC1. The van der Waals surface area contributed by atoms with Crippen molar-refractivity contribution < 1.29 is 14.2 Å². The van der Waals surface area contributed by atoms with Gasteiger partial charge in [-0.05, 0) is 31.0 Å². The summed E-state index contributed by atoms with van der Waals surface area (Å²) in [6, 6.07) is 5.14. The van der Waals surface area contributed by atoms with Crippen molar-refractivity contribution in [2.45, 2.75) is 38.8 Å². The van der Waals surface area contributed by atoms with E-state index in [0.717, 1.165) is 12.1 Å². The van der Waals surface area contributed by atoms with Crippen molar-refractivity contribution in [2.24, 2.45) is 4.99 Å². The molecule has 1 aliphatic rings. The monoisotopic (exact) mass is 323 g/mol. The maximum absolute atomic E-state index is 13.6. The predicted octanol–water partition coefficient (Wildman–Crippen LogP) is 1.73. The average Bonchev–Trinajstić information content (AvgIpc) is 2.54. The Labute approximate surface area is 137 Å². The standard InChI is InChI=1S/C17H26FN3O2/c1-3-19-16(21-12-17(22)6-8-23-9-7-17)20-11-14-5-4-13(2)15(18)10-14/h4-5,10,22H,3,6-9,11-12H2,1-2H3,(H2,19,20,21). The Bertz CT molecular complexity index is 543. The number of aliphatic hydroxyl groups is 1. The van der Waals surface area contributed by atoms with Crippen LogP contribution in [0.25, 0.3) is 0 Å². The number of halogens is 1. The van der Waals surface area contributed by atoms with Crippen molar-refractivity contribution in [1.29, 1.82) is 0 Å². The van der Waals surface area contributed by atoms with Gasteiger partial charge < -0.3 is 20.5 Å². The molecule has 0 saturated carbocycles. The van der Waals surface area contributed by atoms with Gasteiger partial charge in [0.1, 0.15) is 5.82 Å². The second-order valence-electron chi connectivity index (χ2n) is 5.97. The van der Waals surface area contributed by atoms with E-state index in [4.69, 9.17) is 4.74 Å².